The SMILES string of the molecule is Cc1cc(NC(=O)COC(=O)[C@@H](CC(C)C)N2C(=O)c3ccccc3C2=O)no1. The molecule has 2 aromatic rings. The molecule has 29 heavy (non-hydrogen) atoms. The molecule has 1 aliphatic heterocycles. The van der Waals surface area contributed by atoms with Gasteiger partial charge < -0.3 is 14.6 Å². The molecule has 0 saturated heterocycles. The fourth-order valence-electron chi connectivity index (χ4n) is 3.08. The number of anilines is 1. The lowest BCUT2D eigenvalue weighted by molar-refractivity contribution is -0.151. The lowest BCUT2D eigenvalue weighted by Gasteiger charge is -2.25. The van der Waals surface area contributed by atoms with Crippen molar-refractivity contribution in [2.24, 2.45) is 5.92 Å². The summed E-state index contributed by atoms with van der Waals surface area (Å²) >= 11 is 0. The van der Waals surface area contributed by atoms with Gasteiger partial charge in [0.15, 0.2) is 12.4 Å². The predicted molar refractivity (Wildman–Crippen MR) is 101 cm³/mol. The molecule has 1 atom stereocenters. The van der Waals surface area contributed by atoms with Crippen LogP contribution in [0.2, 0.25) is 0 Å². The molecule has 1 aliphatic rings. The van der Waals surface area contributed by atoms with Gasteiger partial charge in [-0.1, -0.05) is 31.1 Å². The Bertz CT molecular complexity index is 930. The molecule has 3 rings (SSSR count). The summed E-state index contributed by atoms with van der Waals surface area (Å²) in [6.45, 7) is 4.81. The molecule has 0 aliphatic carbocycles. The number of nitrogens with zero attached hydrogens (tertiary/aromatic N) is 2. The van der Waals surface area contributed by atoms with E-state index >= 15 is 0 Å². The highest BCUT2D eigenvalue weighted by atomic mass is 16.5. The number of carbonyl (C=O) groups is 4. The molecule has 1 aromatic carbocycles. The summed E-state index contributed by atoms with van der Waals surface area (Å²) in [6.07, 6.45) is 0.217. The number of benzene rings is 1. The largest absolute Gasteiger partial charge is 0.454 e. The molecule has 0 fully saturated rings. The number of rotatable bonds is 7. The second-order valence-electron chi connectivity index (χ2n) is 7.15. The maximum absolute atomic E-state index is 12.7. The van der Waals surface area contributed by atoms with Crippen molar-refractivity contribution in [3.8, 4) is 0 Å². The van der Waals surface area contributed by atoms with Crippen molar-refractivity contribution in [3.63, 3.8) is 0 Å². The number of fused-ring (bicyclic) bond motifs is 1. The zero-order chi connectivity index (χ0) is 21.1. The lowest BCUT2D eigenvalue weighted by atomic mass is 10.0. The molecule has 1 aromatic heterocycles. The molecule has 9 heteroatoms. The Morgan fingerprint density at radius 1 is 1.17 bits per heavy atom. The minimum atomic E-state index is -1.12. The number of ether oxygens (including phenoxy) is 1. The molecule has 152 valence electrons. The van der Waals surface area contributed by atoms with Gasteiger partial charge in [0, 0.05) is 6.07 Å². The third-order valence-electron chi connectivity index (χ3n) is 4.34. The second kappa shape index (κ2) is 8.26. The molecule has 9 nitrogen and oxygen atoms in total. The van der Waals surface area contributed by atoms with E-state index in [1.807, 2.05) is 13.8 Å². The Balaban J connectivity index is 1.70. The first-order valence-electron chi connectivity index (χ1n) is 9.14. The fourth-order valence-corrected chi connectivity index (χ4v) is 3.08. The van der Waals surface area contributed by atoms with Gasteiger partial charge in [-0.2, -0.15) is 0 Å². The van der Waals surface area contributed by atoms with E-state index in [1.54, 1.807) is 31.2 Å². The van der Waals surface area contributed by atoms with Gasteiger partial charge in [-0.05, 0) is 31.4 Å². The van der Waals surface area contributed by atoms with Gasteiger partial charge in [0.2, 0.25) is 0 Å². The molecule has 3 amide bonds. The van der Waals surface area contributed by atoms with Crippen molar-refractivity contribution in [1.29, 1.82) is 0 Å². The zero-order valence-electron chi connectivity index (χ0n) is 16.3. The molecule has 1 N–H and O–H groups in total. The maximum atomic E-state index is 12.7. The van der Waals surface area contributed by atoms with Crippen LogP contribution in [0, 0.1) is 12.8 Å². The summed E-state index contributed by atoms with van der Waals surface area (Å²) in [5.41, 5.74) is 0.497. The van der Waals surface area contributed by atoms with Crippen LogP contribution in [0.5, 0.6) is 0 Å². The van der Waals surface area contributed by atoms with Gasteiger partial charge in [0.05, 0.1) is 11.1 Å². The minimum absolute atomic E-state index is 0.00351. The summed E-state index contributed by atoms with van der Waals surface area (Å²) in [4.78, 5) is 51.0. The number of imide groups is 1. The number of nitrogens with one attached hydrogen (secondary N) is 1. The van der Waals surface area contributed by atoms with Crippen molar-refractivity contribution in [2.75, 3.05) is 11.9 Å². The Hall–Kier alpha value is -3.49. The summed E-state index contributed by atoms with van der Waals surface area (Å²) < 4.78 is 9.94. The van der Waals surface area contributed by atoms with E-state index in [0.717, 1.165) is 4.90 Å². The van der Waals surface area contributed by atoms with Crippen LogP contribution < -0.4 is 5.32 Å². The van der Waals surface area contributed by atoms with Gasteiger partial charge in [-0.3, -0.25) is 19.3 Å². The molecular weight excluding hydrogens is 378 g/mol. The van der Waals surface area contributed by atoms with Crippen molar-refractivity contribution in [2.45, 2.75) is 33.2 Å². The Morgan fingerprint density at radius 3 is 2.31 bits per heavy atom. The number of hydrogen-bond donors (Lipinski definition) is 1. The number of carbonyl (C=O) groups excluding carboxylic acids is 4. The number of esters is 1. The van der Waals surface area contributed by atoms with Crippen molar-refractivity contribution < 1.29 is 28.4 Å². The molecular formula is C20H21N3O6. The first-order valence-corrected chi connectivity index (χ1v) is 9.14. The van der Waals surface area contributed by atoms with Gasteiger partial charge >= 0.3 is 5.97 Å². The van der Waals surface area contributed by atoms with Crippen LogP contribution in [0.1, 0.15) is 46.7 Å². The highest BCUT2D eigenvalue weighted by Gasteiger charge is 2.43. The Kier molecular flexibility index (Phi) is 5.76. The first kappa shape index (κ1) is 20.2. The van der Waals surface area contributed by atoms with Crippen molar-refractivity contribution in [3.05, 3.63) is 47.2 Å². The van der Waals surface area contributed by atoms with Gasteiger partial charge in [0.1, 0.15) is 11.8 Å². The summed E-state index contributed by atoms with van der Waals surface area (Å²) in [5.74, 6) is -1.81. The third-order valence-corrected chi connectivity index (χ3v) is 4.34. The average molecular weight is 399 g/mol. The van der Waals surface area contributed by atoms with Crippen LogP contribution in [0.3, 0.4) is 0 Å². The van der Waals surface area contributed by atoms with Crippen molar-refractivity contribution in [1.82, 2.24) is 10.1 Å². The van der Waals surface area contributed by atoms with Gasteiger partial charge in [-0.25, -0.2) is 4.79 Å². The topological polar surface area (TPSA) is 119 Å². The van der Waals surface area contributed by atoms with E-state index in [9.17, 15) is 19.2 Å². The number of hydrogen-bond acceptors (Lipinski definition) is 7. The summed E-state index contributed by atoms with van der Waals surface area (Å²) in [6, 6.07) is 6.78. The maximum Gasteiger partial charge on any atom is 0.329 e. The number of aryl methyl sites for hydroxylation is 1. The van der Waals surface area contributed by atoms with E-state index in [-0.39, 0.29) is 29.3 Å². The molecule has 2 heterocycles. The standard InChI is InChI=1S/C20H21N3O6/c1-11(2)8-15(23-18(25)13-6-4-5-7-14(13)19(23)26)20(27)28-10-17(24)21-16-9-12(3)29-22-16/h4-7,9,11,15H,8,10H2,1-3H3,(H,21,22,24)/t15-/m1/s1. The fraction of sp³-hybridized carbons (Fsp3) is 0.350. The third kappa shape index (κ3) is 4.34. The highest BCUT2D eigenvalue weighted by molar-refractivity contribution is 6.22. The lowest BCUT2D eigenvalue weighted by Crippen LogP contribution is -2.46. The van der Waals surface area contributed by atoms with E-state index in [4.69, 9.17) is 9.26 Å². The van der Waals surface area contributed by atoms with Crippen LogP contribution in [-0.2, 0) is 14.3 Å². The van der Waals surface area contributed by atoms with Gasteiger partial charge in [0.25, 0.3) is 17.7 Å². The molecule has 0 radical (unpaired) electrons. The highest BCUT2D eigenvalue weighted by Crippen LogP contribution is 2.27. The van der Waals surface area contributed by atoms with Gasteiger partial charge in [-0.15, -0.1) is 0 Å². The van der Waals surface area contributed by atoms with Crippen LogP contribution in [0.15, 0.2) is 34.9 Å². The molecule has 0 saturated carbocycles. The van der Waals surface area contributed by atoms with E-state index in [2.05, 4.69) is 10.5 Å². The molecule has 0 spiro atoms. The normalized spacial score (nSPS) is 14.1. The van der Waals surface area contributed by atoms with Crippen LogP contribution >= 0.6 is 0 Å². The molecule has 0 bridgehead atoms. The smallest absolute Gasteiger partial charge is 0.329 e. The van der Waals surface area contributed by atoms with Crippen LogP contribution in [-0.4, -0.2) is 46.4 Å². The quantitative estimate of drug-likeness (QED) is 0.560. The predicted octanol–water partition coefficient (Wildman–Crippen LogP) is 2.18. The van der Waals surface area contributed by atoms with Crippen molar-refractivity contribution >= 4 is 29.5 Å². The first-order chi connectivity index (χ1) is 13.8. The van der Waals surface area contributed by atoms with E-state index in [1.165, 1.54) is 6.07 Å². The Labute approximate surface area is 167 Å². The zero-order valence-corrected chi connectivity index (χ0v) is 16.3. The monoisotopic (exact) mass is 399 g/mol. The summed E-state index contributed by atoms with van der Waals surface area (Å²) in [7, 11) is 0. The van der Waals surface area contributed by atoms with Crippen LogP contribution in [0.25, 0.3) is 0 Å². The summed E-state index contributed by atoms with van der Waals surface area (Å²) in [5, 5.41) is 6.05. The number of aromatic nitrogens is 1. The second-order valence-corrected chi connectivity index (χ2v) is 7.15. The number of amides is 3. The van der Waals surface area contributed by atoms with E-state index in [0.29, 0.717) is 5.76 Å². The average Bonchev–Trinajstić information content (AvgIpc) is 3.19. The molecule has 0 unspecified atom stereocenters. The Morgan fingerprint density at radius 2 is 1.79 bits per heavy atom. The minimum Gasteiger partial charge on any atom is -0.454 e. The van der Waals surface area contributed by atoms with E-state index < -0.39 is 36.3 Å². The van der Waals surface area contributed by atoms with Crippen LogP contribution in [0.4, 0.5) is 5.82 Å².